The third kappa shape index (κ3) is 4.99. The van der Waals surface area contributed by atoms with E-state index in [4.69, 9.17) is 4.74 Å². The number of benzene rings is 3. The first-order valence-corrected chi connectivity index (χ1v) is 11.8. The summed E-state index contributed by atoms with van der Waals surface area (Å²) in [7, 11) is 1.62. The maximum Gasteiger partial charge on any atom is 0.295 e. The predicted molar refractivity (Wildman–Crippen MR) is 137 cm³/mol. The number of amides is 1. The quantitative estimate of drug-likeness (QED) is 0.288. The van der Waals surface area contributed by atoms with Crippen molar-refractivity contribution >= 4 is 17.4 Å². The SMILES string of the molecule is COc1ccc(CCN2C(=O)C(=O)/C(=C(\O)c3ccccc3)C2c2ccc(C(C)(C)C)cc2)cc1. The van der Waals surface area contributed by atoms with Gasteiger partial charge in [-0.05, 0) is 40.7 Å². The Hall–Kier alpha value is -3.86. The van der Waals surface area contributed by atoms with Crippen LogP contribution in [0.15, 0.2) is 84.4 Å². The average molecular weight is 470 g/mol. The molecule has 3 aromatic rings. The van der Waals surface area contributed by atoms with Gasteiger partial charge in [-0.25, -0.2) is 0 Å². The molecule has 1 unspecified atom stereocenters. The van der Waals surface area contributed by atoms with E-state index in [0.29, 0.717) is 18.5 Å². The minimum Gasteiger partial charge on any atom is -0.507 e. The highest BCUT2D eigenvalue weighted by atomic mass is 16.5. The van der Waals surface area contributed by atoms with Crippen molar-refractivity contribution in [2.45, 2.75) is 38.6 Å². The van der Waals surface area contributed by atoms with Crippen LogP contribution >= 0.6 is 0 Å². The number of aliphatic hydroxyl groups is 1. The molecule has 0 spiro atoms. The summed E-state index contributed by atoms with van der Waals surface area (Å²) in [5.41, 5.74) is 3.58. The summed E-state index contributed by atoms with van der Waals surface area (Å²) < 4.78 is 5.23. The Kier molecular flexibility index (Phi) is 6.79. The summed E-state index contributed by atoms with van der Waals surface area (Å²) in [5, 5.41) is 11.2. The van der Waals surface area contributed by atoms with E-state index in [9.17, 15) is 14.7 Å². The highest BCUT2D eigenvalue weighted by molar-refractivity contribution is 6.46. The molecule has 0 aromatic heterocycles. The van der Waals surface area contributed by atoms with Gasteiger partial charge in [0.2, 0.25) is 0 Å². The molecule has 3 aromatic carbocycles. The fourth-order valence-electron chi connectivity index (χ4n) is 4.42. The molecule has 0 saturated carbocycles. The number of rotatable bonds is 6. The van der Waals surface area contributed by atoms with Gasteiger partial charge in [-0.3, -0.25) is 9.59 Å². The molecule has 1 fully saturated rings. The minimum absolute atomic E-state index is 0.0290. The minimum atomic E-state index is -0.664. The summed E-state index contributed by atoms with van der Waals surface area (Å²) >= 11 is 0. The first kappa shape index (κ1) is 24.3. The van der Waals surface area contributed by atoms with Crippen LogP contribution in [0.4, 0.5) is 0 Å². The van der Waals surface area contributed by atoms with E-state index in [1.807, 2.05) is 54.6 Å². The predicted octanol–water partition coefficient (Wildman–Crippen LogP) is 5.66. The third-order valence-electron chi connectivity index (χ3n) is 6.48. The van der Waals surface area contributed by atoms with Crippen molar-refractivity contribution in [1.82, 2.24) is 4.90 Å². The number of nitrogens with zero attached hydrogens (tertiary/aromatic N) is 1. The molecule has 1 atom stereocenters. The van der Waals surface area contributed by atoms with Crippen molar-refractivity contribution < 1.29 is 19.4 Å². The maximum absolute atomic E-state index is 13.2. The lowest BCUT2D eigenvalue weighted by Gasteiger charge is -2.26. The molecule has 1 N–H and O–H groups in total. The fraction of sp³-hybridized carbons (Fsp3) is 0.267. The topological polar surface area (TPSA) is 66.8 Å². The average Bonchev–Trinajstić information content (AvgIpc) is 3.12. The van der Waals surface area contributed by atoms with Crippen LogP contribution in [0.5, 0.6) is 5.75 Å². The van der Waals surface area contributed by atoms with E-state index < -0.39 is 17.7 Å². The van der Waals surface area contributed by atoms with Gasteiger partial charge in [0.05, 0.1) is 18.7 Å². The number of Topliss-reactive ketones (excluding diaryl/α,β-unsaturated/α-hetero) is 1. The summed E-state index contributed by atoms with van der Waals surface area (Å²) in [4.78, 5) is 28.0. The van der Waals surface area contributed by atoms with Gasteiger partial charge < -0.3 is 14.7 Å². The van der Waals surface area contributed by atoms with Crippen molar-refractivity contribution in [2.24, 2.45) is 0 Å². The summed E-state index contributed by atoms with van der Waals surface area (Å²) in [6, 6.07) is 23.9. The van der Waals surface area contributed by atoms with Gasteiger partial charge in [0.15, 0.2) is 0 Å². The monoisotopic (exact) mass is 469 g/mol. The van der Waals surface area contributed by atoms with Gasteiger partial charge >= 0.3 is 0 Å². The summed E-state index contributed by atoms with van der Waals surface area (Å²) in [6.07, 6.45) is 0.568. The van der Waals surface area contributed by atoms with Crippen LogP contribution in [0.1, 0.15) is 49.1 Å². The zero-order valence-corrected chi connectivity index (χ0v) is 20.6. The smallest absolute Gasteiger partial charge is 0.295 e. The largest absolute Gasteiger partial charge is 0.507 e. The van der Waals surface area contributed by atoms with E-state index in [1.54, 1.807) is 36.3 Å². The highest BCUT2D eigenvalue weighted by Gasteiger charge is 2.45. The second-order valence-electron chi connectivity index (χ2n) is 9.83. The van der Waals surface area contributed by atoms with Gasteiger partial charge in [0.1, 0.15) is 11.5 Å². The van der Waals surface area contributed by atoms with E-state index in [2.05, 4.69) is 20.8 Å². The molecule has 1 aliphatic heterocycles. The first-order valence-electron chi connectivity index (χ1n) is 11.8. The van der Waals surface area contributed by atoms with E-state index in [1.165, 1.54) is 0 Å². The zero-order valence-electron chi connectivity index (χ0n) is 20.6. The van der Waals surface area contributed by atoms with Gasteiger partial charge in [0.25, 0.3) is 11.7 Å². The number of ketones is 1. The van der Waals surface area contributed by atoms with Crippen LogP contribution in [0.3, 0.4) is 0 Å². The van der Waals surface area contributed by atoms with E-state index in [-0.39, 0.29) is 16.7 Å². The number of likely N-dealkylation sites (tertiary alicyclic amines) is 1. The number of aliphatic hydroxyl groups excluding tert-OH is 1. The van der Waals surface area contributed by atoms with Crippen LogP contribution in [0, 0.1) is 0 Å². The molecule has 4 rings (SSSR count). The standard InChI is InChI=1S/C30H31NO4/c1-30(2,3)23-14-12-21(13-15-23)26-25(27(32)22-8-6-5-7-9-22)28(33)29(34)31(26)19-18-20-10-16-24(35-4)17-11-20/h5-17,26,32H,18-19H2,1-4H3/b27-25-. The molecule has 0 aliphatic carbocycles. The molecule has 1 saturated heterocycles. The number of hydrogen-bond acceptors (Lipinski definition) is 4. The summed E-state index contributed by atoms with van der Waals surface area (Å²) in [5.74, 6) is -0.649. The molecule has 5 heteroatoms. The molecule has 35 heavy (non-hydrogen) atoms. The molecule has 1 heterocycles. The van der Waals surface area contributed by atoms with Gasteiger partial charge in [-0.1, -0.05) is 87.5 Å². The molecular weight excluding hydrogens is 438 g/mol. The number of carbonyl (C=O) groups excluding carboxylic acids is 2. The Bertz CT molecular complexity index is 1240. The van der Waals surface area contributed by atoms with Gasteiger partial charge in [-0.15, -0.1) is 0 Å². The zero-order chi connectivity index (χ0) is 25.2. The molecule has 1 aliphatic rings. The Balaban J connectivity index is 1.74. The molecule has 1 amide bonds. The van der Waals surface area contributed by atoms with Crippen molar-refractivity contribution in [3.8, 4) is 5.75 Å². The van der Waals surface area contributed by atoms with Gasteiger partial charge in [0, 0.05) is 12.1 Å². The Morgan fingerprint density at radius 2 is 1.54 bits per heavy atom. The summed E-state index contributed by atoms with van der Waals surface area (Å²) in [6.45, 7) is 6.75. The Morgan fingerprint density at radius 1 is 0.914 bits per heavy atom. The molecule has 5 nitrogen and oxygen atoms in total. The first-order chi connectivity index (χ1) is 16.7. The van der Waals surface area contributed by atoms with Crippen LogP contribution < -0.4 is 4.74 Å². The molecule has 0 bridgehead atoms. The second kappa shape index (κ2) is 9.79. The van der Waals surface area contributed by atoms with E-state index >= 15 is 0 Å². The maximum atomic E-state index is 13.2. The van der Waals surface area contributed by atoms with Crippen molar-refractivity contribution in [3.05, 3.63) is 107 Å². The molecule has 0 radical (unpaired) electrons. The lowest BCUT2D eigenvalue weighted by Crippen LogP contribution is -2.31. The lowest BCUT2D eigenvalue weighted by atomic mass is 9.85. The molecule has 180 valence electrons. The van der Waals surface area contributed by atoms with Crippen molar-refractivity contribution in [3.63, 3.8) is 0 Å². The van der Waals surface area contributed by atoms with Crippen molar-refractivity contribution in [1.29, 1.82) is 0 Å². The Labute approximate surface area is 206 Å². The second-order valence-corrected chi connectivity index (χ2v) is 9.83. The number of carbonyl (C=O) groups is 2. The van der Waals surface area contributed by atoms with Crippen LogP contribution in [0.25, 0.3) is 5.76 Å². The van der Waals surface area contributed by atoms with Crippen LogP contribution in [-0.2, 0) is 21.4 Å². The number of methoxy groups -OCH3 is 1. The Morgan fingerprint density at radius 3 is 2.11 bits per heavy atom. The third-order valence-corrected chi connectivity index (χ3v) is 6.48. The number of ether oxygens (including phenoxy) is 1. The van der Waals surface area contributed by atoms with Crippen LogP contribution in [-0.4, -0.2) is 35.4 Å². The fourth-order valence-corrected chi connectivity index (χ4v) is 4.42. The normalized spacial score (nSPS) is 17.6. The van der Waals surface area contributed by atoms with Crippen LogP contribution in [0.2, 0.25) is 0 Å². The van der Waals surface area contributed by atoms with E-state index in [0.717, 1.165) is 22.4 Å². The molecular formula is C30H31NO4. The van der Waals surface area contributed by atoms with Crippen molar-refractivity contribution in [2.75, 3.05) is 13.7 Å². The number of hydrogen-bond donors (Lipinski definition) is 1. The lowest BCUT2D eigenvalue weighted by molar-refractivity contribution is -0.139. The highest BCUT2D eigenvalue weighted by Crippen LogP contribution is 2.40. The van der Waals surface area contributed by atoms with Gasteiger partial charge in [-0.2, -0.15) is 0 Å².